The molecule has 0 spiro atoms. The van der Waals surface area contributed by atoms with E-state index in [1.807, 2.05) is 6.92 Å². The van der Waals surface area contributed by atoms with Gasteiger partial charge in [-0.25, -0.2) is 20.2 Å². The third-order valence-corrected chi connectivity index (χ3v) is 2.89. The zero-order valence-corrected chi connectivity index (χ0v) is 11.7. The van der Waals surface area contributed by atoms with Crippen molar-refractivity contribution < 1.29 is 4.39 Å². The van der Waals surface area contributed by atoms with Crippen LogP contribution in [0.2, 0.25) is 5.02 Å². The molecule has 5 nitrogen and oxygen atoms in total. The summed E-state index contributed by atoms with van der Waals surface area (Å²) in [6, 6.07) is 6.10. The van der Waals surface area contributed by atoms with E-state index in [2.05, 4.69) is 20.7 Å². The van der Waals surface area contributed by atoms with Gasteiger partial charge in [0.2, 0.25) is 0 Å². The van der Waals surface area contributed by atoms with Gasteiger partial charge in [-0.15, -0.1) is 0 Å². The molecule has 0 bridgehead atoms. The number of benzene rings is 1. The lowest BCUT2D eigenvalue weighted by molar-refractivity contribution is 0.629. The quantitative estimate of drug-likeness (QED) is 0.583. The SMILES string of the molecule is CCCc1nc(NN)cc(Nc2ccc(Cl)c(F)c2)n1. The van der Waals surface area contributed by atoms with Crippen molar-refractivity contribution in [1.82, 2.24) is 9.97 Å². The normalized spacial score (nSPS) is 10.4. The van der Waals surface area contributed by atoms with Gasteiger partial charge < -0.3 is 10.7 Å². The van der Waals surface area contributed by atoms with E-state index in [4.69, 9.17) is 17.4 Å². The van der Waals surface area contributed by atoms with E-state index in [0.29, 0.717) is 23.1 Å². The molecule has 1 aromatic heterocycles. The molecule has 0 fully saturated rings. The molecule has 0 saturated heterocycles. The Bertz CT molecular complexity index is 605. The van der Waals surface area contributed by atoms with Gasteiger partial charge in [0.15, 0.2) is 0 Å². The van der Waals surface area contributed by atoms with Gasteiger partial charge in [0.1, 0.15) is 23.3 Å². The number of hydrazine groups is 1. The lowest BCUT2D eigenvalue weighted by Gasteiger charge is -2.09. The molecule has 0 aliphatic carbocycles. The van der Waals surface area contributed by atoms with Crippen LogP contribution >= 0.6 is 11.6 Å². The Morgan fingerprint density at radius 3 is 2.65 bits per heavy atom. The number of aromatic nitrogens is 2. The minimum atomic E-state index is -0.489. The summed E-state index contributed by atoms with van der Waals surface area (Å²) in [5, 5.41) is 3.08. The maximum Gasteiger partial charge on any atom is 0.145 e. The third kappa shape index (κ3) is 3.55. The van der Waals surface area contributed by atoms with Crippen LogP contribution in [0, 0.1) is 5.82 Å². The first-order chi connectivity index (χ1) is 9.62. The van der Waals surface area contributed by atoms with Gasteiger partial charge >= 0.3 is 0 Å². The molecule has 0 unspecified atom stereocenters. The van der Waals surface area contributed by atoms with Crippen LogP contribution in [0.1, 0.15) is 19.2 Å². The fraction of sp³-hybridized carbons (Fsp3) is 0.231. The Kier molecular flexibility index (Phi) is 4.70. The summed E-state index contributed by atoms with van der Waals surface area (Å²) in [5.41, 5.74) is 3.04. The highest BCUT2D eigenvalue weighted by Gasteiger charge is 2.06. The summed E-state index contributed by atoms with van der Waals surface area (Å²) in [5.74, 6) is 6.59. The Morgan fingerprint density at radius 1 is 1.25 bits per heavy atom. The summed E-state index contributed by atoms with van der Waals surface area (Å²) in [6.07, 6.45) is 1.65. The summed E-state index contributed by atoms with van der Waals surface area (Å²) in [4.78, 5) is 8.58. The van der Waals surface area contributed by atoms with Crippen LogP contribution in [0.3, 0.4) is 0 Å². The molecule has 0 aliphatic heterocycles. The Labute approximate surface area is 121 Å². The fourth-order valence-electron chi connectivity index (χ4n) is 1.69. The van der Waals surface area contributed by atoms with Crippen molar-refractivity contribution in [3.63, 3.8) is 0 Å². The first-order valence-corrected chi connectivity index (χ1v) is 6.57. The molecule has 1 aromatic carbocycles. The van der Waals surface area contributed by atoms with Gasteiger partial charge in [0, 0.05) is 18.2 Å². The highest BCUT2D eigenvalue weighted by Crippen LogP contribution is 2.22. The molecule has 20 heavy (non-hydrogen) atoms. The van der Waals surface area contributed by atoms with Crippen molar-refractivity contribution in [3.8, 4) is 0 Å². The second-order valence-electron chi connectivity index (χ2n) is 4.20. The van der Waals surface area contributed by atoms with Crippen LogP contribution in [-0.2, 0) is 6.42 Å². The predicted molar refractivity (Wildman–Crippen MR) is 78.5 cm³/mol. The van der Waals surface area contributed by atoms with E-state index in [1.54, 1.807) is 12.1 Å². The van der Waals surface area contributed by atoms with Gasteiger partial charge in [0.25, 0.3) is 0 Å². The van der Waals surface area contributed by atoms with E-state index < -0.39 is 5.82 Å². The number of nitrogens with two attached hydrogens (primary N) is 1. The first kappa shape index (κ1) is 14.5. The highest BCUT2D eigenvalue weighted by atomic mass is 35.5. The van der Waals surface area contributed by atoms with E-state index >= 15 is 0 Å². The number of rotatable bonds is 5. The topological polar surface area (TPSA) is 75.9 Å². The average Bonchev–Trinajstić information content (AvgIpc) is 2.43. The smallest absolute Gasteiger partial charge is 0.145 e. The summed E-state index contributed by atoms with van der Waals surface area (Å²) in [6.45, 7) is 2.04. The van der Waals surface area contributed by atoms with Gasteiger partial charge in [0.05, 0.1) is 5.02 Å². The summed E-state index contributed by atoms with van der Waals surface area (Å²) in [7, 11) is 0. The number of aryl methyl sites for hydroxylation is 1. The van der Waals surface area contributed by atoms with E-state index in [0.717, 1.165) is 12.8 Å². The molecule has 2 rings (SSSR count). The van der Waals surface area contributed by atoms with Crippen molar-refractivity contribution in [3.05, 3.63) is 40.9 Å². The van der Waals surface area contributed by atoms with Crippen LogP contribution in [0.25, 0.3) is 0 Å². The second-order valence-corrected chi connectivity index (χ2v) is 4.61. The van der Waals surface area contributed by atoms with Crippen LogP contribution in [0.5, 0.6) is 0 Å². The zero-order chi connectivity index (χ0) is 14.5. The number of nitrogens with one attached hydrogen (secondary N) is 2. The lowest BCUT2D eigenvalue weighted by atomic mass is 10.3. The number of hydrogen-bond donors (Lipinski definition) is 3. The van der Waals surface area contributed by atoms with Gasteiger partial charge in [-0.3, -0.25) is 0 Å². The van der Waals surface area contributed by atoms with E-state index in [9.17, 15) is 4.39 Å². The molecule has 106 valence electrons. The molecule has 7 heteroatoms. The number of nitrogens with zero attached hydrogens (tertiary/aromatic N) is 2. The zero-order valence-electron chi connectivity index (χ0n) is 11.0. The highest BCUT2D eigenvalue weighted by molar-refractivity contribution is 6.30. The number of anilines is 3. The predicted octanol–water partition coefficient (Wildman–Crippen LogP) is 3.25. The van der Waals surface area contributed by atoms with Crippen LogP contribution < -0.4 is 16.6 Å². The summed E-state index contributed by atoms with van der Waals surface area (Å²) < 4.78 is 13.4. The molecular weight excluding hydrogens is 281 g/mol. The van der Waals surface area contributed by atoms with E-state index in [-0.39, 0.29) is 5.02 Å². The van der Waals surface area contributed by atoms with Crippen molar-refractivity contribution >= 4 is 28.9 Å². The van der Waals surface area contributed by atoms with Crippen molar-refractivity contribution in [2.24, 2.45) is 5.84 Å². The monoisotopic (exact) mass is 295 g/mol. The van der Waals surface area contributed by atoms with Crippen LogP contribution in [0.4, 0.5) is 21.7 Å². The molecule has 1 heterocycles. The summed E-state index contributed by atoms with van der Waals surface area (Å²) >= 11 is 5.64. The number of hydrogen-bond acceptors (Lipinski definition) is 5. The van der Waals surface area contributed by atoms with Crippen LogP contribution in [-0.4, -0.2) is 9.97 Å². The minimum Gasteiger partial charge on any atom is -0.340 e. The van der Waals surface area contributed by atoms with Crippen LogP contribution in [0.15, 0.2) is 24.3 Å². The average molecular weight is 296 g/mol. The Hall–Kier alpha value is -1.92. The molecule has 4 N–H and O–H groups in total. The van der Waals surface area contributed by atoms with Gasteiger partial charge in [-0.05, 0) is 24.6 Å². The number of nitrogen functional groups attached to an aromatic ring is 1. The molecular formula is C13H15ClFN5. The molecule has 0 radical (unpaired) electrons. The fourth-order valence-corrected chi connectivity index (χ4v) is 1.81. The molecule has 0 atom stereocenters. The molecule has 2 aromatic rings. The third-order valence-electron chi connectivity index (χ3n) is 2.59. The standard InChI is InChI=1S/C13H15ClFN5/c1-2-3-11-18-12(7-13(19-11)20-16)17-8-4-5-9(14)10(15)6-8/h4-7H,2-3,16H2,1H3,(H2,17,18,19,20). The Balaban J connectivity index is 2.27. The van der Waals surface area contributed by atoms with Gasteiger partial charge in [-0.1, -0.05) is 18.5 Å². The second kappa shape index (κ2) is 6.49. The molecule has 0 amide bonds. The lowest BCUT2D eigenvalue weighted by Crippen LogP contribution is -2.11. The molecule has 0 saturated carbocycles. The minimum absolute atomic E-state index is 0.0780. The molecule has 0 aliphatic rings. The van der Waals surface area contributed by atoms with Crippen molar-refractivity contribution in [2.45, 2.75) is 19.8 Å². The maximum absolute atomic E-state index is 13.4. The van der Waals surface area contributed by atoms with Crippen molar-refractivity contribution in [2.75, 3.05) is 10.7 Å². The maximum atomic E-state index is 13.4. The van der Waals surface area contributed by atoms with E-state index in [1.165, 1.54) is 12.1 Å². The Morgan fingerprint density at radius 2 is 2.00 bits per heavy atom. The number of halogens is 2. The van der Waals surface area contributed by atoms with Gasteiger partial charge in [-0.2, -0.15) is 0 Å². The largest absolute Gasteiger partial charge is 0.340 e. The van der Waals surface area contributed by atoms with Crippen molar-refractivity contribution in [1.29, 1.82) is 0 Å². The first-order valence-electron chi connectivity index (χ1n) is 6.19.